The molecule has 1 heterocycles. The summed E-state index contributed by atoms with van der Waals surface area (Å²) in [6, 6.07) is 8.64. The Labute approximate surface area is 111 Å². The molecule has 1 unspecified atom stereocenters. The molecule has 0 aliphatic rings. The largest absolute Gasteiger partial charge is 0.367 e. The van der Waals surface area contributed by atoms with Gasteiger partial charge in [-0.3, -0.25) is 0 Å². The van der Waals surface area contributed by atoms with E-state index in [-0.39, 0.29) is 11.9 Å². The molecule has 4 nitrogen and oxygen atoms in total. The molecule has 1 aromatic heterocycles. The average molecular weight is 260 g/mol. The number of hydrogen-bond donors (Lipinski definition) is 2. The molecule has 1 aromatic carbocycles. The van der Waals surface area contributed by atoms with Crippen molar-refractivity contribution in [3.05, 3.63) is 41.7 Å². The standard InChI is InChI=1S/C14H17FN4/c1-9-7-11(3-4-12(9)15)13-5-6-14(19-18-13)17-8-10(2)16/h3-7,10H,8,16H2,1-2H3,(H,17,19). The van der Waals surface area contributed by atoms with Gasteiger partial charge in [0.2, 0.25) is 0 Å². The smallest absolute Gasteiger partial charge is 0.148 e. The molecule has 0 bridgehead atoms. The zero-order chi connectivity index (χ0) is 13.8. The summed E-state index contributed by atoms with van der Waals surface area (Å²) in [5.74, 6) is 0.465. The molecular formula is C14H17FN4. The Kier molecular flexibility index (Phi) is 4.06. The van der Waals surface area contributed by atoms with E-state index in [4.69, 9.17) is 5.73 Å². The number of aromatic nitrogens is 2. The zero-order valence-corrected chi connectivity index (χ0v) is 11.0. The summed E-state index contributed by atoms with van der Waals surface area (Å²) >= 11 is 0. The fourth-order valence-electron chi connectivity index (χ4n) is 1.65. The molecule has 0 aliphatic heterocycles. The molecule has 0 saturated heterocycles. The van der Waals surface area contributed by atoms with E-state index in [1.165, 1.54) is 6.07 Å². The molecule has 0 radical (unpaired) electrons. The number of benzene rings is 1. The number of aryl methyl sites for hydroxylation is 1. The molecule has 100 valence electrons. The molecule has 0 spiro atoms. The third kappa shape index (κ3) is 3.48. The van der Waals surface area contributed by atoms with Gasteiger partial charge in [-0.15, -0.1) is 10.2 Å². The quantitative estimate of drug-likeness (QED) is 0.885. The molecule has 2 rings (SSSR count). The van der Waals surface area contributed by atoms with Crippen molar-refractivity contribution in [1.29, 1.82) is 0 Å². The van der Waals surface area contributed by atoms with E-state index >= 15 is 0 Å². The maximum absolute atomic E-state index is 13.2. The molecule has 1 atom stereocenters. The summed E-state index contributed by atoms with van der Waals surface area (Å²) in [6.07, 6.45) is 0. The van der Waals surface area contributed by atoms with Crippen molar-refractivity contribution in [3.8, 4) is 11.3 Å². The normalized spacial score (nSPS) is 12.2. The summed E-state index contributed by atoms with van der Waals surface area (Å²) in [7, 11) is 0. The van der Waals surface area contributed by atoms with Crippen molar-refractivity contribution in [3.63, 3.8) is 0 Å². The first-order valence-corrected chi connectivity index (χ1v) is 6.16. The third-order valence-electron chi connectivity index (χ3n) is 2.72. The van der Waals surface area contributed by atoms with Gasteiger partial charge in [-0.05, 0) is 49.7 Å². The second-order valence-corrected chi connectivity index (χ2v) is 4.63. The summed E-state index contributed by atoms with van der Waals surface area (Å²) in [5.41, 5.74) is 7.81. The predicted octanol–water partition coefficient (Wildman–Crippen LogP) is 2.35. The molecule has 3 N–H and O–H groups in total. The third-order valence-corrected chi connectivity index (χ3v) is 2.72. The monoisotopic (exact) mass is 260 g/mol. The first-order chi connectivity index (χ1) is 9.06. The van der Waals surface area contributed by atoms with E-state index in [9.17, 15) is 4.39 Å². The molecular weight excluding hydrogens is 243 g/mol. The van der Waals surface area contributed by atoms with Gasteiger partial charge in [-0.25, -0.2) is 4.39 Å². The Balaban J connectivity index is 2.15. The predicted molar refractivity (Wildman–Crippen MR) is 74.3 cm³/mol. The minimum absolute atomic E-state index is 0.0567. The van der Waals surface area contributed by atoms with Crippen LogP contribution in [0.4, 0.5) is 10.2 Å². The van der Waals surface area contributed by atoms with E-state index in [0.29, 0.717) is 17.9 Å². The number of nitrogens with two attached hydrogens (primary N) is 1. The summed E-state index contributed by atoms with van der Waals surface area (Å²) in [4.78, 5) is 0. The van der Waals surface area contributed by atoms with Crippen LogP contribution in [0.15, 0.2) is 30.3 Å². The lowest BCUT2D eigenvalue weighted by atomic mass is 10.1. The molecule has 0 amide bonds. The van der Waals surface area contributed by atoms with Crippen LogP contribution in [0.5, 0.6) is 0 Å². The highest BCUT2D eigenvalue weighted by Gasteiger charge is 2.04. The van der Waals surface area contributed by atoms with Gasteiger partial charge in [0.1, 0.15) is 11.6 Å². The molecule has 19 heavy (non-hydrogen) atoms. The van der Waals surface area contributed by atoms with Gasteiger partial charge in [0.15, 0.2) is 0 Å². The van der Waals surface area contributed by atoms with Crippen LogP contribution < -0.4 is 11.1 Å². The second kappa shape index (κ2) is 5.75. The Morgan fingerprint density at radius 3 is 2.63 bits per heavy atom. The number of nitrogens with zero attached hydrogens (tertiary/aromatic N) is 2. The number of halogens is 1. The summed E-state index contributed by atoms with van der Waals surface area (Å²) in [6.45, 7) is 4.28. The van der Waals surface area contributed by atoms with E-state index in [1.54, 1.807) is 19.1 Å². The Bertz CT molecular complexity index is 552. The molecule has 0 fully saturated rings. The van der Waals surface area contributed by atoms with Crippen LogP contribution in [0.1, 0.15) is 12.5 Å². The minimum atomic E-state index is -0.216. The van der Waals surface area contributed by atoms with E-state index < -0.39 is 0 Å². The first-order valence-electron chi connectivity index (χ1n) is 6.16. The minimum Gasteiger partial charge on any atom is -0.367 e. The van der Waals surface area contributed by atoms with Gasteiger partial charge in [0.05, 0.1) is 5.69 Å². The lowest BCUT2D eigenvalue weighted by Crippen LogP contribution is -2.25. The van der Waals surface area contributed by atoms with Crippen LogP contribution >= 0.6 is 0 Å². The maximum atomic E-state index is 13.2. The van der Waals surface area contributed by atoms with Crippen LogP contribution in [0.3, 0.4) is 0 Å². The highest BCUT2D eigenvalue weighted by atomic mass is 19.1. The van der Waals surface area contributed by atoms with Crippen LogP contribution in [0.2, 0.25) is 0 Å². The number of nitrogens with one attached hydrogen (secondary N) is 1. The molecule has 2 aromatic rings. The van der Waals surface area contributed by atoms with Crippen molar-refractivity contribution < 1.29 is 4.39 Å². The van der Waals surface area contributed by atoms with Crippen LogP contribution in [-0.2, 0) is 0 Å². The van der Waals surface area contributed by atoms with Gasteiger partial charge < -0.3 is 11.1 Å². The summed E-state index contributed by atoms with van der Waals surface area (Å²) in [5, 5.41) is 11.3. The van der Waals surface area contributed by atoms with Gasteiger partial charge >= 0.3 is 0 Å². The first kappa shape index (κ1) is 13.4. The number of hydrogen-bond acceptors (Lipinski definition) is 4. The maximum Gasteiger partial charge on any atom is 0.148 e. The fraction of sp³-hybridized carbons (Fsp3) is 0.286. The Hall–Kier alpha value is -2.01. The lowest BCUT2D eigenvalue weighted by molar-refractivity contribution is 0.618. The summed E-state index contributed by atoms with van der Waals surface area (Å²) < 4.78 is 13.2. The average Bonchev–Trinajstić information content (AvgIpc) is 2.40. The van der Waals surface area contributed by atoms with Crippen molar-refractivity contribution in [2.75, 3.05) is 11.9 Å². The molecule has 5 heteroatoms. The van der Waals surface area contributed by atoms with E-state index in [2.05, 4.69) is 15.5 Å². The van der Waals surface area contributed by atoms with Crippen molar-refractivity contribution in [2.24, 2.45) is 5.73 Å². The van der Waals surface area contributed by atoms with Crippen molar-refractivity contribution >= 4 is 5.82 Å². The van der Waals surface area contributed by atoms with Crippen molar-refractivity contribution in [1.82, 2.24) is 10.2 Å². The second-order valence-electron chi connectivity index (χ2n) is 4.63. The Morgan fingerprint density at radius 2 is 2.05 bits per heavy atom. The molecule has 0 saturated carbocycles. The van der Waals surface area contributed by atoms with Gasteiger partial charge in [0, 0.05) is 18.2 Å². The number of rotatable bonds is 4. The topological polar surface area (TPSA) is 63.8 Å². The van der Waals surface area contributed by atoms with Crippen LogP contribution in [0.25, 0.3) is 11.3 Å². The van der Waals surface area contributed by atoms with Gasteiger partial charge in [-0.1, -0.05) is 0 Å². The van der Waals surface area contributed by atoms with Gasteiger partial charge in [0.25, 0.3) is 0 Å². The SMILES string of the molecule is Cc1cc(-c2ccc(NCC(C)N)nn2)ccc1F. The fourth-order valence-corrected chi connectivity index (χ4v) is 1.65. The Morgan fingerprint density at radius 1 is 1.26 bits per heavy atom. The van der Waals surface area contributed by atoms with Gasteiger partial charge in [-0.2, -0.15) is 0 Å². The highest BCUT2D eigenvalue weighted by Crippen LogP contribution is 2.19. The molecule has 0 aliphatic carbocycles. The zero-order valence-electron chi connectivity index (χ0n) is 11.0. The van der Waals surface area contributed by atoms with Crippen LogP contribution in [-0.4, -0.2) is 22.8 Å². The number of anilines is 1. The highest BCUT2D eigenvalue weighted by molar-refractivity contribution is 5.60. The van der Waals surface area contributed by atoms with E-state index in [0.717, 1.165) is 11.3 Å². The lowest BCUT2D eigenvalue weighted by Gasteiger charge is -2.08. The van der Waals surface area contributed by atoms with E-state index in [1.807, 2.05) is 19.1 Å². The van der Waals surface area contributed by atoms with Crippen molar-refractivity contribution in [2.45, 2.75) is 19.9 Å². The van der Waals surface area contributed by atoms with Crippen LogP contribution in [0, 0.1) is 12.7 Å².